The normalized spacial score (nSPS) is 11.0. The number of nitrogens with two attached hydrogens (primary N) is 1. The number of fused-ring (bicyclic) bond motifs is 1. The van der Waals surface area contributed by atoms with Crippen LogP contribution in [0.3, 0.4) is 0 Å². The van der Waals surface area contributed by atoms with E-state index in [1.807, 2.05) is 31.6 Å². The van der Waals surface area contributed by atoms with Crippen LogP contribution < -0.4 is 10.6 Å². The van der Waals surface area contributed by atoms with E-state index in [4.69, 9.17) is 5.73 Å². The minimum Gasteiger partial charge on any atom is -0.368 e. The maximum absolute atomic E-state index is 5.83. The first-order chi connectivity index (χ1) is 10.1. The minimum atomic E-state index is 0.329. The summed E-state index contributed by atoms with van der Waals surface area (Å²) in [6.07, 6.45) is 4.57. The lowest BCUT2D eigenvalue weighted by atomic mass is 10.2. The Morgan fingerprint density at radius 1 is 1.24 bits per heavy atom. The van der Waals surface area contributed by atoms with Crippen molar-refractivity contribution in [1.82, 2.24) is 15.0 Å². The highest BCUT2D eigenvalue weighted by Gasteiger charge is 2.13. The van der Waals surface area contributed by atoms with Gasteiger partial charge in [-0.1, -0.05) is 0 Å². The molecule has 0 amide bonds. The Balaban J connectivity index is 1.85. The summed E-state index contributed by atoms with van der Waals surface area (Å²) in [5, 5.41) is 1.07. The van der Waals surface area contributed by atoms with Crippen molar-refractivity contribution in [3.63, 3.8) is 0 Å². The highest BCUT2D eigenvalue weighted by molar-refractivity contribution is 7.18. The van der Waals surface area contributed by atoms with E-state index >= 15 is 0 Å². The highest BCUT2D eigenvalue weighted by atomic mass is 32.1. The lowest BCUT2D eigenvalue weighted by Gasteiger charge is -2.19. The minimum absolute atomic E-state index is 0.329. The molecular formula is C15H17N5S. The molecule has 0 spiro atoms. The van der Waals surface area contributed by atoms with Gasteiger partial charge in [-0.3, -0.25) is 4.98 Å². The number of hydrogen-bond donors (Lipinski definition) is 1. The van der Waals surface area contributed by atoms with Crippen molar-refractivity contribution in [2.75, 3.05) is 24.2 Å². The number of pyridine rings is 1. The van der Waals surface area contributed by atoms with Gasteiger partial charge in [-0.25, -0.2) is 4.98 Å². The van der Waals surface area contributed by atoms with Crippen molar-refractivity contribution in [3.8, 4) is 0 Å². The number of thiophene rings is 1. The fourth-order valence-corrected chi connectivity index (χ4v) is 3.17. The van der Waals surface area contributed by atoms with Crippen LogP contribution in [-0.2, 0) is 6.42 Å². The van der Waals surface area contributed by atoms with Crippen molar-refractivity contribution in [3.05, 3.63) is 41.0 Å². The van der Waals surface area contributed by atoms with Crippen LogP contribution in [-0.4, -0.2) is 28.5 Å². The van der Waals surface area contributed by atoms with E-state index in [2.05, 4.69) is 32.8 Å². The molecule has 108 valence electrons. The Morgan fingerprint density at radius 3 is 2.76 bits per heavy atom. The molecule has 0 radical (unpaired) electrons. The van der Waals surface area contributed by atoms with Gasteiger partial charge < -0.3 is 10.6 Å². The molecule has 3 aromatic heterocycles. The zero-order valence-corrected chi connectivity index (χ0v) is 12.9. The van der Waals surface area contributed by atoms with E-state index in [9.17, 15) is 0 Å². The highest BCUT2D eigenvalue weighted by Crippen LogP contribution is 2.30. The second-order valence-corrected chi connectivity index (χ2v) is 6.24. The van der Waals surface area contributed by atoms with E-state index < -0.39 is 0 Å². The van der Waals surface area contributed by atoms with Gasteiger partial charge in [0.15, 0.2) is 0 Å². The van der Waals surface area contributed by atoms with Gasteiger partial charge in [0.1, 0.15) is 10.6 Å². The van der Waals surface area contributed by atoms with E-state index in [1.165, 1.54) is 10.4 Å². The molecule has 0 unspecified atom stereocenters. The first-order valence-electron chi connectivity index (χ1n) is 6.77. The number of hydrogen-bond acceptors (Lipinski definition) is 6. The first-order valence-corrected chi connectivity index (χ1v) is 7.59. The molecule has 0 saturated heterocycles. The molecule has 0 bridgehead atoms. The molecule has 0 atom stereocenters. The lowest BCUT2D eigenvalue weighted by molar-refractivity contribution is 0.862. The van der Waals surface area contributed by atoms with Crippen LogP contribution in [0.4, 0.5) is 11.8 Å². The van der Waals surface area contributed by atoms with E-state index in [1.54, 1.807) is 11.3 Å². The van der Waals surface area contributed by atoms with Gasteiger partial charge in [-0.15, -0.1) is 11.3 Å². The van der Waals surface area contributed by atoms with Gasteiger partial charge in [-0.05, 0) is 37.1 Å². The lowest BCUT2D eigenvalue weighted by Crippen LogP contribution is -2.22. The molecule has 0 aliphatic heterocycles. The van der Waals surface area contributed by atoms with Crippen molar-refractivity contribution >= 4 is 33.3 Å². The summed E-state index contributed by atoms with van der Waals surface area (Å²) in [4.78, 5) is 17.1. The number of nitrogens with zero attached hydrogens (tertiary/aromatic N) is 4. The van der Waals surface area contributed by atoms with Crippen LogP contribution in [0.2, 0.25) is 0 Å². The number of rotatable bonds is 4. The predicted octanol–water partition coefficient (Wildman–Crippen LogP) is 2.66. The Kier molecular flexibility index (Phi) is 3.70. The zero-order chi connectivity index (χ0) is 14.8. The van der Waals surface area contributed by atoms with Crippen molar-refractivity contribution in [2.24, 2.45) is 0 Å². The van der Waals surface area contributed by atoms with Gasteiger partial charge in [0.25, 0.3) is 0 Å². The standard InChI is InChI=1S/C15H17N5S/c1-10-9-12-13(18-15(16)19-14(12)21-10)20(2)8-5-11-3-6-17-7-4-11/h3-4,6-7,9H,5,8H2,1-2H3,(H2,16,18,19). The van der Waals surface area contributed by atoms with Crippen molar-refractivity contribution in [2.45, 2.75) is 13.3 Å². The molecule has 0 aliphatic rings. The number of anilines is 2. The molecule has 6 heteroatoms. The average molecular weight is 299 g/mol. The zero-order valence-electron chi connectivity index (χ0n) is 12.1. The smallest absolute Gasteiger partial charge is 0.223 e. The van der Waals surface area contributed by atoms with Crippen LogP contribution in [0.5, 0.6) is 0 Å². The van der Waals surface area contributed by atoms with Crippen LogP contribution in [0.1, 0.15) is 10.4 Å². The molecule has 3 rings (SSSR count). The topological polar surface area (TPSA) is 67.9 Å². The van der Waals surface area contributed by atoms with Crippen molar-refractivity contribution in [1.29, 1.82) is 0 Å². The fourth-order valence-electron chi connectivity index (χ4n) is 2.29. The van der Waals surface area contributed by atoms with Gasteiger partial charge in [0.2, 0.25) is 5.95 Å². The predicted molar refractivity (Wildman–Crippen MR) is 87.8 cm³/mol. The molecule has 3 aromatic rings. The average Bonchev–Trinajstić information content (AvgIpc) is 2.85. The number of aromatic nitrogens is 3. The van der Waals surface area contributed by atoms with Gasteiger partial charge >= 0.3 is 0 Å². The van der Waals surface area contributed by atoms with Crippen LogP contribution >= 0.6 is 11.3 Å². The second-order valence-electron chi connectivity index (χ2n) is 5.01. The molecule has 21 heavy (non-hydrogen) atoms. The Labute approximate surface area is 127 Å². The summed E-state index contributed by atoms with van der Waals surface area (Å²) in [5.41, 5.74) is 7.09. The summed E-state index contributed by atoms with van der Waals surface area (Å²) >= 11 is 1.65. The SMILES string of the molecule is Cc1cc2c(N(C)CCc3ccncc3)nc(N)nc2s1. The summed E-state index contributed by atoms with van der Waals surface area (Å²) in [6.45, 7) is 2.94. The summed E-state index contributed by atoms with van der Waals surface area (Å²) in [5.74, 6) is 1.23. The third-order valence-corrected chi connectivity index (χ3v) is 4.30. The quantitative estimate of drug-likeness (QED) is 0.802. The number of aryl methyl sites for hydroxylation is 1. The molecule has 3 heterocycles. The first kappa shape index (κ1) is 13.8. The van der Waals surface area contributed by atoms with E-state index in [-0.39, 0.29) is 0 Å². The Hall–Kier alpha value is -2.21. The van der Waals surface area contributed by atoms with Gasteiger partial charge in [0.05, 0.1) is 5.39 Å². The maximum Gasteiger partial charge on any atom is 0.223 e. The molecule has 0 aromatic carbocycles. The molecule has 5 nitrogen and oxygen atoms in total. The van der Waals surface area contributed by atoms with E-state index in [0.717, 1.165) is 29.0 Å². The maximum atomic E-state index is 5.83. The van der Waals surface area contributed by atoms with Gasteiger partial charge in [-0.2, -0.15) is 4.98 Å². The Bertz CT molecular complexity index is 753. The second kappa shape index (κ2) is 5.65. The Morgan fingerprint density at radius 2 is 2.00 bits per heavy atom. The van der Waals surface area contributed by atoms with Crippen LogP contribution in [0, 0.1) is 6.92 Å². The fraction of sp³-hybridized carbons (Fsp3) is 0.267. The number of likely N-dealkylation sites (N-methyl/N-ethyl adjacent to an activating group) is 1. The third-order valence-electron chi connectivity index (χ3n) is 3.36. The van der Waals surface area contributed by atoms with Crippen LogP contribution in [0.25, 0.3) is 10.2 Å². The van der Waals surface area contributed by atoms with Crippen molar-refractivity contribution < 1.29 is 0 Å². The van der Waals surface area contributed by atoms with Gasteiger partial charge in [0, 0.05) is 30.9 Å². The summed E-state index contributed by atoms with van der Waals surface area (Å²) < 4.78 is 0. The third kappa shape index (κ3) is 2.95. The van der Waals surface area contributed by atoms with Crippen LogP contribution in [0.15, 0.2) is 30.6 Å². The summed E-state index contributed by atoms with van der Waals surface area (Å²) in [6, 6.07) is 6.19. The largest absolute Gasteiger partial charge is 0.368 e. The molecule has 0 saturated carbocycles. The monoisotopic (exact) mass is 299 g/mol. The molecular weight excluding hydrogens is 282 g/mol. The number of nitrogen functional groups attached to an aromatic ring is 1. The summed E-state index contributed by atoms with van der Waals surface area (Å²) in [7, 11) is 2.04. The molecule has 2 N–H and O–H groups in total. The molecule has 0 fully saturated rings. The molecule has 0 aliphatic carbocycles. The van der Waals surface area contributed by atoms with E-state index in [0.29, 0.717) is 5.95 Å².